The third kappa shape index (κ3) is 9.14. The van der Waals surface area contributed by atoms with Crippen molar-refractivity contribution in [2.24, 2.45) is 0 Å². The second kappa shape index (κ2) is 14.5. The number of ether oxygens (including phenoxy) is 2. The van der Waals surface area contributed by atoms with Gasteiger partial charge < -0.3 is 24.8 Å². The van der Waals surface area contributed by atoms with Gasteiger partial charge in [0, 0.05) is 23.7 Å². The summed E-state index contributed by atoms with van der Waals surface area (Å²) in [5.74, 6) is -0.949. The summed E-state index contributed by atoms with van der Waals surface area (Å²) >= 11 is 1.30. The second-order valence-corrected chi connectivity index (χ2v) is 11.8. The van der Waals surface area contributed by atoms with E-state index in [9.17, 15) is 19.5 Å². The first-order chi connectivity index (χ1) is 20.6. The molecular formula is C33H35N3O6S. The van der Waals surface area contributed by atoms with Gasteiger partial charge in [0.2, 0.25) is 5.91 Å². The molecule has 0 spiro atoms. The van der Waals surface area contributed by atoms with E-state index >= 15 is 0 Å². The van der Waals surface area contributed by atoms with Gasteiger partial charge in [-0.15, -0.1) is 11.3 Å². The average Bonchev–Trinajstić information content (AvgIpc) is 3.51. The molecule has 0 aliphatic rings. The van der Waals surface area contributed by atoms with E-state index in [0.29, 0.717) is 27.5 Å². The molecular weight excluding hydrogens is 566 g/mol. The summed E-state index contributed by atoms with van der Waals surface area (Å²) in [7, 11) is 0. The molecule has 43 heavy (non-hydrogen) atoms. The number of aliphatic carboxylic acids is 1. The summed E-state index contributed by atoms with van der Waals surface area (Å²) in [6, 6.07) is 20.7. The number of thiophene rings is 1. The summed E-state index contributed by atoms with van der Waals surface area (Å²) in [5, 5.41) is 14.5. The number of aromatic nitrogens is 1. The maximum atomic E-state index is 13.9. The lowest BCUT2D eigenvalue weighted by molar-refractivity contribution is -0.142. The van der Waals surface area contributed by atoms with E-state index in [2.05, 4.69) is 10.3 Å². The van der Waals surface area contributed by atoms with E-state index in [4.69, 9.17) is 9.47 Å². The van der Waals surface area contributed by atoms with Crippen LogP contribution in [0.1, 0.15) is 47.6 Å². The van der Waals surface area contributed by atoms with Crippen molar-refractivity contribution in [2.75, 3.05) is 13.2 Å². The van der Waals surface area contributed by atoms with Crippen LogP contribution in [0.5, 0.6) is 11.5 Å². The number of pyridine rings is 1. The Morgan fingerprint density at radius 1 is 0.953 bits per heavy atom. The quantitative estimate of drug-likeness (QED) is 0.211. The van der Waals surface area contributed by atoms with Crippen molar-refractivity contribution < 1.29 is 29.0 Å². The number of nitrogens with zero attached hydrogens (tertiary/aromatic N) is 2. The first kappa shape index (κ1) is 31.2. The van der Waals surface area contributed by atoms with Gasteiger partial charge in [-0.3, -0.25) is 14.6 Å². The van der Waals surface area contributed by atoms with Crippen LogP contribution in [0.4, 0.5) is 0 Å². The Morgan fingerprint density at radius 3 is 2.30 bits per heavy atom. The number of nitrogens with one attached hydrogen (secondary N) is 1. The predicted molar refractivity (Wildman–Crippen MR) is 164 cm³/mol. The van der Waals surface area contributed by atoms with Gasteiger partial charge in [0.05, 0.1) is 12.1 Å². The molecule has 2 aromatic carbocycles. The zero-order chi connectivity index (χ0) is 30.8. The Kier molecular flexibility index (Phi) is 10.5. The van der Waals surface area contributed by atoms with Crippen molar-refractivity contribution in [2.45, 2.75) is 44.9 Å². The van der Waals surface area contributed by atoms with E-state index in [-0.39, 0.29) is 25.2 Å². The Labute approximate surface area is 255 Å². The summed E-state index contributed by atoms with van der Waals surface area (Å²) < 4.78 is 11.7. The Morgan fingerprint density at radius 2 is 1.70 bits per heavy atom. The highest BCUT2D eigenvalue weighted by atomic mass is 32.1. The third-order valence-electron chi connectivity index (χ3n) is 6.29. The molecule has 2 unspecified atom stereocenters. The fourth-order valence-electron chi connectivity index (χ4n) is 4.39. The highest BCUT2D eigenvalue weighted by Gasteiger charge is 2.35. The Hall–Kier alpha value is -4.70. The molecule has 0 radical (unpaired) electrons. The largest absolute Gasteiger partial charge is 0.492 e. The van der Waals surface area contributed by atoms with Crippen molar-refractivity contribution in [3.8, 4) is 11.5 Å². The summed E-state index contributed by atoms with van der Waals surface area (Å²) in [6.07, 6.45) is 3.04. The number of rotatable bonds is 13. The summed E-state index contributed by atoms with van der Waals surface area (Å²) in [4.78, 5) is 46.1. The third-order valence-corrected chi connectivity index (χ3v) is 7.21. The van der Waals surface area contributed by atoms with Crippen LogP contribution >= 0.6 is 11.3 Å². The fraction of sp³-hybridized carbons (Fsp3) is 0.273. The minimum atomic E-state index is -1.24. The van der Waals surface area contributed by atoms with Crippen molar-refractivity contribution in [1.82, 2.24) is 15.2 Å². The lowest BCUT2D eigenvalue weighted by Crippen LogP contribution is -2.50. The Bertz CT molecular complexity index is 1470. The van der Waals surface area contributed by atoms with Gasteiger partial charge in [-0.2, -0.15) is 0 Å². The fourth-order valence-corrected chi connectivity index (χ4v) is 5.22. The molecule has 0 bridgehead atoms. The van der Waals surface area contributed by atoms with Crippen LogP contribution in [0.3, 0.4) is 0 Å². The number of carbonyl (C=O) groups excluding carboxylic acids is 2. The summed E-state index contributed by atoms with van der Waals surface area (Å²) in [6.45, 7) is 5.99. The molecule has 224 valence electrons. The van der Waals surface area contributed by atoms with Crippen molar-refractivity contribution in [3.05, 3.63) is 113 Å². The number of para-hydroxylation sites is 1. The van der Waals surface area contributed by atoms with E-state index < -0.39 is 29.9 Å². The average molecular weight is 602 g/mol. The monoisotopic (exact) mass is 601 g/mol. The van der Waals surface area contributed by atoms with E-state index in [1.165, 1.54) is 22.4 Å². The Balaban J connectivity index is 1.58. The minimum Gasteiger partial charge on any atom is -0.492 e. The number of hydrogen-bond donors (Lipinski definition) is 2. The van der Waals surface area contributed by atoms with Crippen LogP contribution in [0.25, 0.3) is 0 Å². The molecule has 0 aliphatic carbocycles. The topological polar surface area (TPSA) is 118 Å². The lowest BCUT2D eigenvalue weighted by Gasteiger charge is -2.31. The second-order valence-electron chi connectivity index (χ2n) is 10.8. The molecule has 2 atom stereocenters. The number of hydrogen-bond acceptors (Lipinski definition) is 7. The van der Waals surface area contributed by atoms with Gasteiger partial charge in [-0.1, -0.05) is 36.4 Å². The molecule has 0 saturated carbocycles. The molecule has 9 nitrogen and oxygen atoms in total. The first-order valence-corrected chi connectivity index (χ1v) is 14.7. The van der Waals surface area contributed by atoms with Crippen LogP contribution in [0, 0.1) is 0 Å². The molecule has 0 aliphatic heterocycles. The normalized spacial score (nSPS) is 12.5. The standard InChI is InChI=1S/C33H35N3O6S/c1-33(2,3)42-26-15-13-23(14-16-26)21-27(32(39)40)35-30(37)29(28-12-8-20-43-28)36(31(38)24-9-7-17-34-22-24)18-19-41-25-10-5-4-6-11-25/h4-17,20,22,27,29H,18-19,21H2,1-3H3,(H,35,37)(H,39,40). The van der Waals surface area contributed by atoms with Crippen molar-refractivity contribution in [3.63, 3.8) is 0 Å². The van der Waals surface area contributed by atoms with Gasteiger partial charge in [0.15, 0.2) is 0 Å². The lowest BCUT2D eigenvalue weighted by atomic mass is 10.0. The first-order valence-electron chi connectivity index (χ1n) is 13.8. The van der Waals surface area contributed by atoms with E-state index in [0.717, 1.165) is 0 Å². The maximum Gasteiger partial charge on any atom is 0.326 e. The highest BCUT2D eigenvalue weighted by Crippen LogP contribution is 2.28. The molecule has 2 amide bonds. The van der Waals surface area contributed by atoms with Gasteiger partial charge in [-0.25, -0.2) is 4.79 Å². The molecule has 2 heterocycles. The van der Waals surface area contributed by atoms with Crippen molar-refractivity contribution in [1.29, 1.82) is 0 Å². The molecule has 0 fully saturated rings. The van der Waals surface area contributed by atoms with Gasteiger partial charge in [-0.05, 0) is 74.2 Å². The zero-order valence-electron chi connectivity index (χ0n) is 24.3. The van der Waals surface area contributed by atoms with Crippen LogP contribution in [-0.2, 0) is 16.0 Å². The van der Waals surface area contributed by atoms with Crippen molar-refractivity contribution >= 4 is 29.1 Å². The van der Waals surface area contributed by atoms with Gasteiger partial charge in [0.1, 0.15) is 35.8 Å². The van der Waals surface area contributed by atoms with Crippen LogP contribution in [0.15, 0.2) is 96.6 Å². The number of carbonyl (C=O) groups is 3. The zero-order valence-corrected chi connectivity index (χ0v) is 25.1. The molecule has 4 rings (SSSR count). The minimum absolute atomic E-state index is 0.0434. The van der Waals surface area contributed by atoms with Gasteiger partial charge in [0.25, 0.3) is 5.91 Å². The smallest absolute Gasteiger partial charge is 0.326 e. The van der Waals surface area contributed by atoms with E-state index in [1.54, 1.807) is 72.2 Å². The number of benzene rings is 2. The molecule has 0 saturated heterocycles. The number of amides is 2. The molecule has 10 heteroatoms. The predicted octanol–water partition coefficient (Wildman–Crippen LogP) is 5.40. The SMILES string of the molecule is CC(C)(C)Oc1ccc(CC(NC(=O)C(c2cccs2)N(CCOc2ccccc2)C(=O)c2cccnc2)C(=O)O)cc1. The van der Waals surface area contributed by atoms with Gasteiger partial charge >= 0.3 is 5.97 Å². The molecule has 2 aromatic heterocycles. The number of carboxylic acids is 1. The van der Waals surface area contributed by atoms with Crippen LogP contribution in [-0.4, -0.2) is 57.6 Å². The molecule has 4 aromatic rings. The summed E-state index contributed by atoms with van der Waals surface area (Å²) in [5.41, 5.74) is 0.631. The van der Waals surface area contributed by atoms with E-state index in [1.807, 2.05) is 39.0 Å². The number of carboxylic acid groups (broad SMARTS) is 1. The highest BCUT2D eigenvalue weighted by molar-refractivity contribution is 7.10. The molecule has 2 N–H and O–H groups in total. The van der Waals surface area contributed by atoms with Crippen LogP contribution in [0.2, 0.25) is 0 Å². The van der Waals surface area contributed by atoms with Crippen LogP contribution < -0.4 is 14.8 Å². The maximum absolute atomic E-state index is 13.9.